The third-order valence-corrected chi connectivity index (χ3v) is 3.43. The van der Waals surface area contributed by atoms with Gasteiger partial charge in [-0.15, -0.1) is 0 Å². The van der Waals surface area contributed by atoms with Crippen molar-refractivity contribution in [3.05, 3.63) is 28.2 Å². The van der Waals surface area contributed by atoms with Crippen LogP contribution < -0.4 is 5.32 Å². The topological polar surface area (TPSA) is 24.5 Å². The van der Waals surface area contributed by atoms with E-state index < -0.39 is 0 Å². The normalized spacial score (nSPS) is 17.1. The second-order valence-corrected chi connectivity index (χ2v) is 4.79. The van der Waals surface area contributed by atoms with E-state index in [1.807, 2.05) is 18.2 Å². The molecule has 0 radical (unpaired) electrons. The summed E-state index contributed by atoms with van der Waals surface area (Å²) in [5.74, 6) is 0. The standard InChI is InChI=1S/C12H16Cl2N2O/c13-10-2-1-3-11(14)12(10)15-4-5-16-6-8-17-9-7-16/h1-3,15H,4-9H2. The van der Waals surface area contributed by atoms with E-state index in [4.69, 9.17) is 27.9 Å². The number of morpholine rings is 1. The van der Waals surface area contributed by atoms with Crippen LogP contribution in [0.1, 0.15) is 0 Å². The molecule has 0 unspecified atom stereocenters. The summed E-state index contributed by atoms with van der Waals surface area (Å²) in [5.41, 5.74) is 0.823. The van der Waals surface area contributed by atoms with Crippen LogP contribution in [0.4, 0.5) is 5.69 Å². The molecule has 0 amide bonds. The SMILES string of the molecule is Clc1cccc(Cl)c1NCCN1CCOCC1. The molecule has 1 N–H and O–H groups in total. The van der Waals surface area contributed by atoms with Crippen LogP contribution >= 0.6 is 23.2 Å². The Morgan fingerprint density at radius 2 is 1.82 bits per heavy atom. The lowest BCUT2D eigenvalue weighted by molar-refractivity contribution is 0.0398. The van der Waals surface area contributed by atoms with E-state index in [2.05, 4.69) is 10.2 Å². The summed E-state index contributed by atoms with van der Waals surface area (Å²) in [6, 6.07) is 5.52. The van der Waals surface area contributed by atoms with Crippen LogP contribution in [0.2, 0.25) is 10.0 Å². The molecule has 3 nitrogen and oxygen atoms in total. The second kappa shape index (κ2) is 6.45. The van der Waals surface area contributed by atoms with E-state index in [1.165, 1.54) is 0 Å². The van der Waals surface area contributed by atoms with Gasteiger partial charge in [-0.1, -0.05) is 29.3 Å². The molecule has 1 aromatic carbocycles. The first-order valence-electron chi connectivity index (χ1n) is 5.75. The van der Waals surface area contributed by atoms with Crippen molar-refractivity contribution < 1.29 is 4.74 Å². The highest BCUT2D eigenvalue weighted by Gasteiger charge is 2.10. The Morgan fingerprint density at radius 3 is 2.47 bits per heavy atom. The monoisotopic (exact) mass is 274 g/mol. The molecule has 0 bridgehead atoms. The zero-order valence-corrected chi connectivity index (χ0v) is 11.1. The molecule has 0 saturated carbocycles. The highest BCUT2D eigenvalue weighted by atomic mass is 35.5. The van der Waals surface area contributed by atoms with Gasteiger partial charge >= 0.3 is 0 Å². The maximum absolute atomic E-state index is 6.07. The summed E-state index contributed by atoms with van der Waals surface area (Å²) < 4.78 is 5.30. The quantitative estimate of drug-likeness (QED) is 0.914. The van der Waals surface area contributed by atoms with Gasteiger partial charge in [0.2, 0.25) is 0 Å². The number of benzene rings is 1. The molecular weight excluding hydrogens is 259 g/mol. The van der Waals surface area contributed by atoms with Gasteiger partial charge in [0.15, 0.2) is 0 Å². The Labute approximate surface area is 112 Å². The minimum Gasteiger partial charge on any atom is -0.381 e. The average Bonchev–Trinajstić information content (AvgIpc) is 2.34. The maximum atomic E-state index is 6.07. The third kappa shape index (κ3) is 3.75. The summed E-state index contributed by atoms with van der Waals surface area (Å²) in [7, 11) is 0. The molecule has 94 valence electrons. The molecule has 1 aliphatic rings. The minimum absolute atomic E-state index is 0.666. The van der Waals surface area contributed by atoms with E-state index in [1.54, 1.807) is 0 Å². The van der Waals surface area contributed by atoms with Crippen molar-refractivity contribution in [2.75, 3.05) is 44.7 Å². The summed E-state index contributed by atoms with van der Waals surface area (Å²) in [5, 5.41) is 4.61. The van der Waals surface area contributed by atoms with Crippen LogP contribution in [-0.2, 0) is 4.74 Å². The molecule has 17 heavy (non-hydrogen) atoms. The molecule has 0 atom stereocenters. The molecule has 2 rings (SSSR count). The zero-order chi connectivity index (χ0) is 12.1. The van der Waals surface area contributed by atoms with Gasteiger partial charge in [0, 0.05) is 26.2 Å². The molecule has 0 aliphatic carbocycles. The fourth-order valence-electron chi connectivity index (χ4n) is 1.83. The summed E-state index contributed by atoms with van der Waals surface area (Å²) >= 11 is 12.1. The van der Waals surface area contributed by atoms with Crippen LogP contribution in [0.15, 0.2) is 18.2 Å². The molecule has 1 saturated heterocycles. The molecule has 1 fully saturated rings. The van der Waals surface area contributed by atoms with Crippen molar-refractivity contribution in [1.82, 2.24) is 4.90 Å². The fraction of sp³-hybridized carbons (Fsp3) is 0.500. The fourth-order valence-corrected chi connectivity index (χ4v) is 2.36. The Bertz CT molecular complexity index is 347. The summed E-state index contributed by atoms with van der Waals surface area (Å²) in [6.07, 6.45) is 0. The van der Waals surface area contributed by atoms with Gasteiger partial charge in [-0.25, -0.2) is 0 Å². The van der Waals surface area contributed by atoms with Crippen molar-refractivity contribution in [3.63, 3.8) is 0 Å². The average molecular weight is 275 g/mol. The Kier molecular flexibility index (Phi) is 4.92. The molecule has 5 heteroatoms. The predicted octanol–water partition coefficient (Wildman–Crippen LogP) is 2.74. The summed E-state index contributed by atoms with van der Waals surface area (Å²) in [4.78, 5) is 2.36. The van der Waals surface area contributed by atoms with Gasteiger partial charge in [0.25, 0.3) is 0 Å². The number of nitrogens with one attached hydrogen (secondary N) is 1. The Hall–Kier alpha value is -0.480. The Morgan fingerprint density at radius 1 is 1.18 bits per heavy atom. The van der Waals surface area contributed by atoms with Gasteiger partial charge in [-0.3, -0.25) is 4.90 Å². The number of nitrogens with zero attached hydrogens (tertiary/aromatic N) is 1. The van der Waals surface area contributed by atoms with Crippen LogP contribution in [0, 0.1) is 0 Å². The van der Waals surface area contributed by atoms with Crippen molar-refractivity contribution in [2.45, 2.75) is 0 Å². The van der Waals surface area contributed by atoms with Gasteiger partial charge in [-0.05, 0) is 12.1 Å². The lowest BCUT2D eigenvalue weighted by atomic mass is 10.3. The second-order valence-electron chi connectivity index (χ2n) is 3.98. The first kappa shape index (κ1) is 13.0. The first-order valence-corrected chi connectivity index (χ1v) is 6.51. The highest BCUT2D eigenvalue weighted by molar-refractivity contribution is 6.39. The predicted molar refractivity (Wildman–Crippen MR) is 72.2 cm³/mol. The first-order chi connectivity index (χ1) is 8.27. The van der Waals surface area contributed by atoms with Gasteiger partial charge in [0.05, 0.1) is 28.9 Å². The number of ether oxygens (including phenoxy) is 1. The number of para-hydroxylation sites is 1. The van der Waals surface area contributed by atoms with Crippen LogP contribution in [0.25, 0.3) is 0 Å². The number of rotatable bonds is 4. The highest BCUT2D eigenvalue weighted by Crippen LogP contribution is 2.29. The van der Waals surface area contributed by atoms with Crippen molar-refractivity contribution >= 4 is 28.9 Å². The minimum atomic E-state index is 0.666. The molecule has 1 aliphatic heterocycles. The number of anilines is 1. The number of halogens is 2. The van der Waals surface area contributed by atoms with E-state index in [9.17, 15) is 0 Å². The smallest absolute Gasteiger partial charge is 0.0719 e. The summed E-state index contributed by atoms with van der Waals surface area (Å²) in [6.45, 7) is 5.46. The van der Waals surface area contributed by atoms with Crippen LogP contribution in [0.3, 0.4) is 0 Å². The molecule has 0 spiro atoms. The van der Waals surface area contributed by atoms with E-state index in [0.29, 0.717) is 10.0 Å². The molecule has 1 heterocycles. The van der Waals surface area contributed by atoms with E-state index >= 15 is 0 Å². The van der Waals surface area contributed by atoms with E-state index in [-0.39, 0.29) is 0 Å². The maximum Gasteiger partial charge on any atom is 0.0719 e. The van der Waals surface area contributed by atoms with Gasteiger partial charge < -0.3 is 10.1 Å². The molecular formula is C12H16Cl2N2O. The van der Waals surface area contributed by atoms with E-state index in [0.717, 1.165) is 45.1 Å². The zero-order valence-electron chi connectivity index (χ0n) is 9.59. The lowest BCUT2D eigenvalue weighted by Crippen LogP contribution is -2.39. The molecule has 0 aromatic heterocycles. The van der Waals surface area contributed by atoms with Gasteiger partial charge in [-0.2, -0.15) is 0 Å². The largest absolute Gasteiger partial charge is 0.381 e. The Balaban J connectivity index is 1.81. The number of hydrogen-bond donors (Lipinski definition) is 1. The van der Waals surface area contributed by atoms with Crippen LogP contribution in [-0.4, -0.2) is 44.3 Å². The lowest BCUT2D eigenvalue weighted by Gasteiger charge is -2.26. The number of hydrogen-bond acceptors (Lipinski definition) is 3. The van der Waals surface area contributed by atoms with Crippen LogP contribution in [0.5, 0.6) is 0 Å². The van der Waals surface area contributed by atoms with Crippen molar-refractivity contribution in [2.24, 2.45) is 0 Å². The van der Waals surface area contributed by atoms with Crippen molar-refractivity contribution in [3.8, 4) is 0 Å². The van der Waals surface area contributed by atoms with Crippen molar-refractivity contribution in [1.29, 1.82) is 0 Å². The third-order valence-electron chi connectivity index (χ3n) is 2.80. The van der Waals surface area contributed by atoms with Gasteiger partial charge in [0.1, 0.15) is 0 Å². The molecule has 1 aromatic rings.